The predicted molar refractivity (Wildman–Crippen MR) is 87.5 cm³/mol. The average Bonchev–Trinajstić information content (AvgIpc) is 2.37. The maximum atomic E-state index is 3.56. The topological polar surface area (TPSA) is 18.5 Å². The fourth-order valence-corrected chi connectivity index (χ4v) is 2.95. The van der Waals surface area contributed by atoms with E-state index in [9.17, 15) is 0 Å². The lowest BCUT2D eigenvalue weighted by atomic mass is 10.0. The quantitative estimate of drug-likeness (QED) is 0.911. The zero-order chi connectivity index (χ0) is 14.7. The molecule has 1 heterocycles. The van der Waals surface area contributed by atoms with Gasteiger partial charge in [-0.3, -0.25) is 0 Å². The molecule has 0 spiro atoms. The summed E-state index contributed by atoms with van der Waals surface area (Å²) in [5.74, 6) is 0. The van der Waals surface area contributed by atoms with Crippen molar-refractivity contribution in [3.63, 3.8) is 0 Å². The molecule has 0 radical (unpaired) electrons. The van der Waals surface area contributed by atoms with Crippen LogP contribution in [-0.4, -0.2) is 43.7 Å². The number of hydrogen-bond acceptors (Lipinski definition) is 3. The smallest absolute Gasteiger partial charge is 0.0415 e. The minimum Gasteiger partial charge on any atom is -0.366 e. The Morgan fingerprint density at radius 2 is 2.05 bits per heavy atom. The van der Waals surface area contributed by atoms with Crippen LogP contribution in [0.5, 0.6) is 0 Å². The molecule has 1 N–H and O–H groups in total. The van der Waals surface area contributed by atoms with E-state index in [4.69, 9.17) is 0 Å². The second-order valence-corrected chi connectivity index (χ2v) is 6.47. The molecule has 112 valence electrons. The Hall–Kier alpha value is -1.06. The molecular weight excluding hydrogens is 246 g/mol. The fourth-order valence-electron chi connectivity index (χ4n) is 2.95. The molecule has 1 saturated heterocycles. The molecule has 0 aromatic heterocycles. The second-order valence-electron chi connectivity index (χ2n) is 6.47. The normalized spacial score (nSPS) is 20.7. The molecule has 3 heteroatoms. The third kappa shape index (κ3) is 3.74. The van der Waals surface area contributed by atoms with Crippen molar-refractivity contribution in [2.45, 2.75) is 46.3 Å². The number of likely N-dealkylation sites (N-methyl/N-ethyl adjacent to an activating group) is 1. The van der Waals surface area contributed by atoms with Gasteiger partial charge in [0.05, 0.1) is 0 Å². The number of hydrogen-bond donors (Lipinski definition) is 1. The molecule has 1 fully saturated rings. The molecule has 0 aliphatic carbocycles. The van der Waals surface area contributed by atoms with Crippen molar-refractivity contribution in [1.82, 2.24) is 10.2 Å². The standard InChI is InChI=1S/C17H29N3/c1-13(2)18-11-16-10-14(3)6-7-17(16)20-9-8-19(5)12-15(20)4/h6-7,10,13,15,18H,8-9,11-12H2,1-5H3. The Kier molecular flexibility index (Phi) is 5.06. The summed E-state index contributed by atoms with van der Waals surface area (Å²) < 4.78 is 0. The highest BCUT2D eigenvalue weighted by Crippen LogP contribution is 2.26. The van der Waals surface area contributed by atoms with E-state index in [0.717, 1.165) is 26.2 Å². The lowest BCUT2D eigenvalue weighted by molar-refractivity contribution is 0.275. The molecule has 1 atom stereocenters. The van der Waals surface area contributed by atoms with Crippen molar-refractivity contribution in [3.05, 3.63) is 29.3 Å². The van der Waals surface area contributed by atoms with Gasteiger partial charge in [0, 0.05) is 44.0 Å². The van der Waals surface area contributed by atoms with Crippen LogP contribution in [0.1, 0.15) is 31.9 Å². The van der Waals surface area contributed by atoms with Gasteiger partial charge in [0.25, 0.3) is 0 Å². The Balaban J connectivity index is 2.21. The first-order valence-corrected chi connectivity index (χ1v) is 7.75. The van der Waals surface area contributed by atoms with Gasteiger partial charge in [-0.05, 0) is 32.5 Å². The highest BCUT2D eigenvalue weighted by molar-refractivity contribution is 5.56. The minimum atomic E-state index is 0.522. The van der Waals surface area contributed by atoms with Gasteiger partial charge in [0.2, 0.25) is 0 Å². The van der Waals surface area contributed by atoms with E-state index in [0.29, 0.717) is 12.1 Å². The summed E-state index contributed by atoms with van der Waals surface area (Å²) in [6, 6.07) is 7.96. The van der Waals surface area contributed by atoms with Crippen LogP contribution in [0.3, 0.4) is 0 Å². The summed E-state index contributed by atoms with van der Waals surface area (Å²) in [4.78, 5) is 4.98. The summed E-state index contributed by atoms with van der Waals surface area (Å²) in [5.41, 5.74) is 4.18. The third-order valence-corrected chi connectivity index (χ3v) is 4.08. The van der Waals surface area contributed by atoms with E-state index in [1.54, 1.807) is 0 Å². The van der Waals surface area contributed by atoms with E-state index in [2.05, 4.69) is 68.1 Å². The molecule has 1 unspecified atom stereocenters. The van der Waals surface area contributed by atoms with Crippen LogP contribution in [0.15, 0.2) is 18.2 Å². The molecule has 0 bridgehead atoms. The van der Waals surface area contributed by atoms with Gasteiger partial charge in [-0.25, -0.2) is 0 Å². The first kappa shape index (κ1) is 15.3. The Morgan fingerprint density at radius 3 is 2.70 bits per heavy atom. The van der Waals surface area contributed by atoms with Crippen molar-refractivity contribution >= 4 is 5.69 Å². The summed E-state index contributed by atoms with van der Waals surface area (Å²) in [6.07, 6.45) is 0. The van der Waals surface area contributed by atoms with Crippen molar-refractivity contribution in [2.75, 3.05) is 31.6 Å². The van der Waals surface area contributed by atoms with Gasteiger partial charge < -0.3 is 15.1 Å². The molecule has 1 aliphatic rings. The van der Waals surface area contributed by atoms with Crippen LogP contribution in [0, 0.1) is 6.92 Å². The lowest BCUT2D eigenvalue weighted by Gasteiger charge is -2.41. The molecule has 0 amide bonds. The molecule has 2 rings (SSSR count). The fraction of sp³-hybridized carbons (Fsp3) is 0.647. The zero-order valence-electron chi connectivity index (χ0n) is 13.6. The Labute approximate surface area is 124 Å². The molecule has 20 heavy (non-hydrogen) atoms. The van der Waals surface area contributed by atoms with E-state index in [-0.39, 0.29) is 0 Å². The highest BCUT2D eigenvalue weighted by atomic mass is 15.3. The van der Waals surface area contributed by atoms with Crippen molar-refractivity contribution < 1.29 is 0 Å². The molecular formula is C17H29N3. The van der Waals surface area contributed by atoms with Crippen LogP contribution in [-0.2, 0) is 6.54 Å². The summed E-state index contributed by atoms with van der Waals surface area (Å²) in [5, 5.41) is 3.56. The predicted octanol–water partition coefficient (Wildman–Crippen LogP) is 2.63. The van der Waals surface area contributed by atoms with Crippen LogP contribution < -0.4 is 10.2 Å². The van der Waals surface area contributed by atoms with Crippen LogP contribution in [0.4, 0.5) is 5.69 Å². The summed E-state index contributed by atoms with van der Waals surface area (Å²) in [6.45, 7) is 13.3. The van der Waals surface area contributed by atoms with Crippen LogP contribution in [0.2, 0.25) is 0 Å². The first-order chi connectivity index (χ1) is 9.47. The van der Waals surface area contributed by atoms with E-state index in [1.807, 2.05) is 0 Å². The van der Waals surface area contributed by atoms with Crippen molar-refractivity contribution in [2.24, 2.45) is 0 Å². The lowest BCUT2D eigenvalue weighted by Crippen LogP contribution is -2.51. The Morgan fingerprint density at radius 1 is 1.30 bits per heavy atom. The van der Waals surface area contributed by atoms with Gasteiger partial charge in [0.1, 0.15) is 0 Å². The molecule has 0 saturated carbocycles. The second kappa shape index (κ2) is 6.59. The third-order valence-electron chi connectivity index (χ3n) is 4.08. The van der Waals surface area contributed by atoms with Gasteiger partial charge in [-0.1, -0.05) is 31.5 Å². The molecule has 3 nitrogen and oxygen atoms in total. The van der Waals surface area contributed by atoms with Crippen molar-refractivity contribution in [1.29, 1.82) is 0 Å². The number of benzene rings is 1. The van der Waals surface area contributed by atoms with E-state index < -0.39 is 0 Å². The van der Waals surface area contributed by atoms with E-state index >= 15 is 0 Å². The number of aryl methyl sites for hydroxylation is 1. The number of nitrogens with one attached hydrogen (secondary N) is 1. The van der Waals surface area contributed by atoms with Gasteiger partial charge in [-0.15, -0.1) is 0 Å². The SMILES string of the molecule is Cc1ccc(N2CCN(C)CC2C)c(CNC(C)C)c1. The molecule has 1 aromatic rings. The monoisotopic (exact) mass is 275 g/mol. The van der Waals surface area contributed by atoms with Gasteiger partial charge >= 0.3 is 0 Å². The van der Waals surface area contributed by atoms with E-state index in [1.165, 1.54) is 16.8 Å². The zero-order valence-corrected chi connectivity index (χ0v) is 13.6. The number of nitrogens with zero attached hydrogens (tertiary/aromatic N) is 2. The maximum Gasteiger partial charge on any atom is 0.0415 e. The number of anilines is 1. The molecule has 1 aromatic carbocycles. The highest BCUT2D eigenvalue weighted by Gasteiger charge is 2.23. The Bertz CT molecular complexity index is 442. The minimum absolute atomic E-state index is 0.522. The summed E-state index contributed by atoms with van der Waals surface area (Å²) in [7, 11) is 2.21. The number of piperazine rings is 1. The molecule has 1 aliphatic heterocycles. The largest absolute Gasteiger partial charge is 0.366 e. The maximum absolute atomic E-state index is 3.56. The summed E-state index contributed by atoms with van der Waals surface area (Å²) >= 11 is 0. The van der Waals surface area contributed by atoms with Crippen LogP contribution in [0.25, 0.3) is 0 Å². The van der Waals surface area contributed by atoms with Gasteiger partial charge in [0.15, 0.2) is 0 Å². The van der Waals surface area contributed by atoms with Crippen LogP contribution >= 0.6 is 0 Å². The first-order valence-electron chi connectivity index (χ1n) is 7.75. The number of rotatable bonds is 4. The van der Waals surface area contributed by atoms with Gasteiger partial charge in [-0.2, -0.15) is 0 Å². The average molecular weight is 275 g/mol. The van der Waals surface area contributed by atoms with Crippen molar-refractivity contribution in [3.8, 4) is 0 Å².